The van der Waals surface area contributed by atoms with E-state index >= 15 is 0 Å². The molecule has 0 bridgehead atoms. The first-order valence-corrected chi connectivity index (χ1v) is 7.68. The highest BCUT2D eigenvalue weighted by atomic mass is 79.9. The van der Waals surface area contributed by atoms with Crippen molar-refractivity contribution < 1.29 is 8.42 Å². The second kappa shape index (κ2) is 5.96. The molecule has 0 aliphatic carbocycles. The van der Waals surface area contributed by atoms with E-state index in [1.165, 1.54) is 16.6 Å². The van der Waals surface area contributed by atoms with Gasteiger partial charge in [-0.15, -0.1) is 0 Å². The van der Waals surface area contributed by atoms with Crippen LogP contribution in [-0.4, -0.2) is 30.8 Å². The van der Waals surface area contributed by atoms with Crippen molar-refractivity contribution in [2.45, 2.75) is 31.2 Å². The molecule has 0 radical (unpaired) electrons. The third-order valence-corrected chi connectivity index (χ3v) is 5.24. The van der Waals surface area contributed by atoms with Crippen LogP contribution in [0.3, 0.4) is 0 Å². The molecule has 0 aliphatic rings. The van der Waals surface area contributed by atoms with Crippen molar-refractivity contribution in [3.63, 3.8) is 0 Å². The van der Waals surface area contributed by atoms with Crippen molar-refractivity contribution >= 4 is 31.8 Å². The summed E-state index contributed by atoms with van der Waals surface area (Å²) in [5.74, 6) is 5.43. The number of hydrogen-bond acceptors (Lipinski definition) is 5. The fourth-order valence-corrected chi connectivity index (χ4v) is 3.42. The normalized spacial score (nSPS) is 13.7. The predicted octanol–water partition coefficient (Wildman–Crippen LogP) is 1.55. The molecule has 1 atom stereocenters. The van der Waals surface area contributed by atoms with Gasteiger partial charge in [-0.05, 0) is 35.3 Å². The van der Waals surface area contributed by atoms with E-state index < -0.39 is 10.0 Å². The van der Waals surface area contributed by atoms with Crippen LogP contribution in [0.2, 0.25) is 0 Å². The molecule has 3 N–H and O–H groups in total. The van der Waals surface area contributed by atoms with E-state index in [1.807, 2.05) is 13.8 Å². The maximum absolute atomic E-state index is 12.4. The van der Waals surface area contributed by atoms with Crippen LogP contribution < -0.4 is 11.3 Å². The molecule has 18 heavy (non-hydrogen) atoms. The Morgan fingerprint density at radius 2 is 2.22 bits per heavy atom. The summed E-state index contributed by atoms with van der Waals surface area (Å²) in [6.07, 6.45) is 2.21. The summed E-state index contributed by atoms with van der Waals surface area (Å²) < 4.78 is 26.8. The number of nitrogen functional groups attached to an aromatic ring is 1. The average Bonchev–Trinajstić information content (AvgIpc) is 2.36. The standard InChI is InChI=1S/C10H17BrN4O2S/c1-4-7(2)15(3)18(16,17)9-5-8(11)6-13-10(9)14-12/h5-7H,4,12H2,1-3H3,(H,13,14). The van der Waals surface area contributed by atoms with Crippen LogP contribution >= 0.6 is 15.9 Å². The highest BCUT2D eigenvalue weighted by molar-refractivity contribution is 9.10. The highest BCUT2D eigenvalue weighted by Crippen LogP contribution is 2.26. The van der Waals surface area contributed by atoms with E-state index in [0.717, 1.165) is 6.42 Å². The molecule has 1 rings (SSSR count). The Balaban J connectivity index is 3.31. The Labute approximate surface area is 116 Å². The highest BCUT2D eigenvalue weighted by Gasteiger charge is 2.27. The topological polar surface area (TPSA) is 88.3 Å². The first-order chi connectivity index (χ1) is 8.34. The zero-order valence-corrected chi connectivity index (χ0v) is 12.9. The van der Waals surface area contributed by atoms with Gasteiger partial charge >= 0.3 is 0 Å². The molecule has 0 fully saturated rings. The first kappa shape index (κ1) is 15.4. The second-order valence-corrected chi connectivity index (χ2v) is 6.80. The average molecular weight is 337 g/mol. The summed E-state index contributed by atoms with van der Waals surface area (Å²) in [6.45, 7) is 3.77. The number of rotatable bonds is 5. The Kier molecular flexibility index (Phi) is 5.09. The van der Waals surface area contributed by atoms with Gasteiger partial charge in [0.1, 0.15) is 4.90 Å². The number of nitrogens with zero attached hydrogens (tertiary/aromatic N) is 2. The van der Waals surface area contributed by atoms with Crippen molar-refractivity contribution in [2.24, 2.45) is 5.84 Å². The number of anilines is 1. The SMILES string of the molecule is CCC(C)N(C)S(=O)(=O)c1cc(Br)cnc1NN. The van der Waals surface area contributed by atoms with Gasteiger partial charge in [0.25, 0.3) is 0 Å². The fourth-order valence-electron chi connectivity index (χ4n) is 1.37. The molecule has 6 nitrogen and oxygen atoms in total. The number of nitrogens with two attached hydrogens (primary N) is 1. The lowest BCUT2D eigenvalue weighted by Crippen LogP contribution is -2.35. The number of aromatic nitrogens is 1. The van der Waals surface area contributed by atoms with Gasteiger partial charge in [-0.3, -0.25) is 0 Å². The molecule has 0 amide bonds. The van der Waals surface area contributed by atoms with Gasteiger partial charge in [0.15, 0.2) is 5.82 Å². The minimum absolute atomic E-state index is 0.0576. The summed E-state index contributed by atoms with van der Waals surface area (Å²) >= 11 is 3.21. The molecule has 0 saturated carbocycles. The first-order valence-electron chi connectivity index (χ1n) is 5.44. The summed E-state index contributed by atoms with van der Waals surface area (Å²) in [6, 6.07) is 1.38. The van der Waals surface area contributed by atoms with Crippen LogP contribution in [-0.2, 0) is 10.0 Å². The van der Waals surface area contributed by atoms with E-state index in [1.54, 1.807) is 7.05 Å². The van der Waals surface area contributed by atoms with Crippen LogP contribution in [0.1, 0.15) is 20.3 Å². The minimum atomic E-state index is -3.62. The lowest BCUT2D eigenvalue weighted by molar-refractivity contribution is 0.380. The molecule has 0 spiro atoms. The number of hydrogen-bond donors (Lipinski definition) is 2. The summed E-state index contributed by atoms with van der Waals surface area (Å²) in [5, 5.41) is 0. The molecule has 102 valence electrons. The third-order valence-electron chi connectivity index (χ3n) is 2.82. The van der Waals surface area contributed by atoms with Crippen molar-refractivity contribution in [1.82, 2.24) is 9.29 Å². The van der Waals surface area contributed by atoms with Gasteiger partial charge in [0.2, 0.25) is 10.0 Å². The largest absolute Gasteiger partial charge is 0.307 e. The van der Waals surface area contributed by atoms with Gasteiger partial charge < -0.3 is 5.43 Å². The smallest absolute Gasteiger partial charge is 0.246 e. The van der Waals surface area contributed by atoms with E-state index in [9.17, 15) is 8.42 Å². The Hall–Kier alpha value is -0.700. The van der Waals surface area contributed by atoms with Gasteiger partial charge in [-0.25, -0.2) is 19.2 Å². The van der Waals surface area contributed by atoms with Crippen LogP contribution in [0.25, 0.3) is 0 Å². The molecular formula is C10H17BrN4O2S. The lowest BCUT2D eigenvalue weighted by atomic mass is 10.3. The maximum atomic E-state index is 12.4. The van der Waals surface area contributed by atoms with Crippen LogP contribution in [0, 0.1) is 0 Å². The molecule has 1 heterocycles. The number of nitrogens with one attached hydrogen (secondary N) is 1. The molecular weight excluding hydrogens is 320 g/mol. The van der Waals surface area contributed by atoms with Crippen LogP contribution in [0.5, 0.6) is 0 Å². The van der Waals surface area contributed by atoms with Crippen LogP contribution in [0.4, 0.5) is 5.82 Å². The zero-order valence-electron chi connectivity index (χ0n) is 10.5. The van der Waals surface area contributed by atoms with Crippen molar-refractivity contribution in [2.75, 3.05) is 12.5 Å². The number of halogens is 1. The number of pyridine rings is 1. The van der Waals surface area contributed by atoms with Gasteiger partial charge in [0, 0.05) is 23.8 Å². The van der Waals surface area contributed by atoms with E-state index in [0.29, 0.717) is 4.47 Å². The quantitative estimate of drug-likeness (QED) is 0.629. The third kappa shape index (κ3) is 3.00. The van der Waals surface area contributed by atoms with Crippen molar-refractivity contribution in [3.05, 3.63) is 16.7 Å². The van der Waals surface area contributed by atoms with E-state index in [-0.39, 0.29) is 16.8 Å². The minimum Gasteiger partial charge on any atom is -0.307 e. The monoisotopic (exact) mass is 336 g/mol. The Morgan fingerprint density at radius 1 is 1.61 bits per heavy atom. The van der Waals surface area contributed by atoms with E-state index in [4.69, 9.17) is 5.84 Å². The molecule has 1 unspecified atom stereocenters. The van der Waals surface area contributed by atoms with Crippen LogP contribution in [0.15, 0.2) is 21.6 Å². The zero-order chi connectivity index (χ0) is 13.9. The lowest BCUT2D eigenvalue weighted by Gasteiger charge is -2.24. The van der Waals surface area contributed by atoms with Gasteiger partial charge in [-0.2, -0.15) is 4.31 Å². The van der Waals surface area contributed by atoms with Crippen molar-refractivity contribution in [1.29, 1.82) is 0 Å². The maximum Gasteiger partial charge on any atom is 0.246 e. The van der Waals surface area contributed by atoms with Gasteiger partial charge in [0.05, 0.1) is 0 Å². The molecule has 1 aromatic rings. The summed E-state index contributed by atoms with van der Waals surface area (Å²) in [4.78, 5) is 4.00. The Bertz CT molecular complexity index is 521. The second-order valence-electron chi connectivity index (χ2n) is 3.92. The van der Waals surface area contributed by atoms with Gasteiger partial charge in [-0.1, -0.05) is 6.92 Å². The Morgan fingerprint density at radius 3 is 2.72 bits per heavy atom. The molecule has 0 saturated heterocycles. The predicted molar refractivity (Wildman–Crippen MR) is 74.4 cm³/mol. The molecule has 0 aromatic carbocycles. The molecule has 8 heteroatoms. The number of sulfonamides is 1. The summed E-state index contributed by atoms with van der Waals surface area (Å²) in [5.41, 5.74) is 2.30. The number of hydrazine groups is 1. The van der Waals surface area contributed by atoms with Crippen molar-refractivity contribution in [3.8, 4) is 0 Å². The summed E-state index contributed by atoms with van der Waals surface area (Å²) in [7, 11) is -2.07. The molecule has 1 aromatic heterocycles. The fraction of sp³-hybridized carbons (Fsp3) is 0.500. The van der Waals surface area contributed by atoms with E-state index in [2.05, 4.69) is 26.3 Å². The molecule has 0 aliphatic heterocycles.